The zero-order chi connectivity index (χ0) is 26.0. The number of hydrogen-bond donors (Lipinski definition) is 3. The van der Waals surface area contributed by atoms with E-state index in [4.69, 9.17) is 5.73 Å². The minimum absolute atomic E-state index is 0.0276. The van der Waals surface area contributed by atoms with Crippen LogP contribution in [-0.2, 0) is 6.54 Å². The lowest BCUT2D eigenvalue weighted by molar-refractivity contribution is -0.0566. The van der Waals surface area contributed by atoms with E-state index in [-0.39, 0.29) is 23.5 Å². The van der Waals surface area contributed by atoms with Gasteiger partial charge in [-0.15, -0.1) is 0 Å². The molecular weight excluding hydrogens is 496 g/mol. The highest BCUT2D eigenvalue weighted by atomic mass is 32.1. The Morgan fingerprint density at radius 2 is 1.70 bits per heavy atom. The summed E-state index contributed by atoms with van der Waals surface area (Å²) < 4.78 is 26.8. The van der Waals surface area contributed by atoms with E-state index in [1.165, 1.54) is 0 Å². The van der Waals surface area contributed by atoms with Gasteiger partial charge in [-0.05, 0) is 40.6 Å². The van der Waals surface area contributed by atoms with Crippen molar-refractivity contribution in [3.05, 3.63) is 83.6 Å². The molecule has 3 aromatic carbocycles. The van der Waals surface area contributed by atoms with Gasteiger partial charge in [0.05, 0.1) is 0 Å². The Hall–Kier alpha value is -3.89. The summed E-state index contributed by atoms with van der Waals surface area (Å²) >= 11 is 1.11. The minimum atomic E-state index is -2.58. The highest BCUT2D eigenvalue weighted by Crippen LogP contribution is 2.32. The molecular formula is C27H25F2N5O2S. The number of piperidine rings is 1. The standard InChI is InChI=1S/C27H25F2N5O2S/c28-27(29)11-13-34(14-12-27)16-17-5-7-19(8-6-17)24(36)33-25-22(23(30)35)32-26(37-25)31-21-10-9-18-3-1-2-4-20(18)15-21/h1-10,15H,11-14,16H2,(H2,30,35)(H,31,32)(H,33,36). The van der Waals surface area contributed by atoms with E-state index in [2.05, 4.69) is 15.6 Å². The summed E-state index contributed by atoms with van der Waals surface area (Å²) in [5.74, 6) is -3.74. The van der Waals surface area contributed by atoms with Crippen molar-refractivity contribution in [3.8, 4) is 0 Å². The average molecular weight is 522 g/mol. The van der Waals surface area contributed by atoms with Crippen molar-refractivity contribution in [2.24, 2.45) is 5.73 Å². The number of benzene rings is 3. The Labute approximate surface area is 216 Å². The first kappa shape index (κ1) is 24.8. The molecule has 0 saturated carbocycles. The van der Waals surface area contributed by atoms with Gasteiger partial charge in [0.25, 0.3) is 17.7 Å². The quantitative estimate of drug-likeness (QED) is 0.293. The molecule has 1 saturated heterocycles. The Morgan fingerprint density at radius 1 is 1.00 bits per heavy atom. The average Bonchev–Trinajstić information content (AvgIpc) is 3.28. The molecule has 0 unspecified atom stereocenters. The van der Waals surface area contributed by atoms with Gasteiger partial charge < -0.3 is 16.4 Å². The molecule has 190 valence electrons. The molecule has 1 aliphatic rings. The molecule has 0 radical (unpaired) electrons. The molecule has 0 spiro atoms. The third-order valence-electron chi connectivity index (χ3n) is 6.30. The number of carbonyl (C=O) groups excluding carboxylic acids is 2. The van der Waals surface area contributed by atoms with Crippen LogP contribution in [0.25, 0.3) is 10.8 Å². The minimum Gasteiger partial charge on any atom is -0.364 e. The number of halogens is 2. The smallest absolute Gasteiger partial charge is 0.270 e. The Bertz CT molecular complexity index is 1440. The monoisotopic (exact) mass is 521 g/mol. The van der Waals surface area contributed by atoms with Crippen LogP contribution in [0, 0.1) is 0 Å². The van der Waals surface area contributed by atoms with Crippen molar-refractivity contribution in [1.29, 1.82) is 0 Å². The fourth-order valence-corrected chi connectivity index (χ4v) is 5.13. The first-order valence-electron chi connectivity index (χ1n) is 11.8. The van der Waals surface area contributed by atoms with Crippen LogP contribution in [0.4, 0.5) is 24.6 Å². The summed E-state index contributed by atoms with van der Waals surface area (Å²) in [5, 5.41) is 8.73. The van der Waals surface area contributed by atoms with E-state index in [1.807, 2.05) is 47.4 Å². The van der Waals surface area contributed by atoms with Gasteiger partial charge >= 0.3 is 0 Å². The van der Waals surface area contributed by atoms with Crippen LogP contribution in [0.2, 0.25) is 0 Å². The van der Waals surface area contributed by atoms with Crippen molar-refractivity contribution in [3.63, 3.8) is 0 Å². The number of nitrogens with one attached hydrogen (secondary N) is 2. The van der Waals surface area contributed by atoms with Gasteiger partial charge in [-0.25, -0.2) is 13.8 Å². The Balaban J connectivity index is 1.26. The molecule has 2 heterocycles. The molecule has 0 bridgehead atoms. The molecule has 1 aliphatic heterocycles. The van der Waals surface area contributed by atoms with Gasteiger partial charge in [-0.2, -0.15) is 0 Å². The van der Waals surface area contributed by atoms with Crippen molar-refractivity contribution in [2.75, 3.05) is 23.7 Å². The molecule has 4 N–H and O–H groups in total. The van der Waals surface area contributed by atoms with E-state index in [1.54, 1.807) is 24.3 Å². The van der Waals surface area contributed by atoms with Crippen molar-refractivity contribution < 1.29 is 18.4 Å². The summed E-state index contributed by atoms with van der Waals surface area (Å²) in [4.78, 5) is 31.1. The first-order valence-corrected chi connectivity index (χ1v) is 12.6. The third kappa shape index (κ3) is 5.92. The number of nitrogens with zero attached hydrogens (tertiary/aromatic N) is 2. The molecule has 7 nitrogen and oxygen atoms in total. The third-order valence-corrected chi connectivity index (χ3v) is 7.18. The van der Waals surface area contributed by atoms with Crippen molar-refractivity contribution >= 4 is 49.7 Å². The number of primary amides is 1. The predicted octanol–water partition coefficient (Wildman–Crippen LogP) is 5.62. The zero-order valence-corrected chi connectivity index (χ0v) is 20.7. The number of thiazole rings is 1. The Kier molecular flexibility index (Phi) is 6.86. The molecule has 2 amide bonds. The van der Waals surface area contributed by atoms with E-state index in [0.717, 1.165) is 33.4 Å². The van der Waals surface area contributed by atoms with Gasteiger partial charge in [0.2, 0.25) is 0 Å². The van der Waals surface area contributed by atoms with Crippen LogP contribution in [0.5, 0.6) is 0 Å². The molecule has 0 atom stereocenters. The maximum atomic E-state index is 13.4. The second-order valence-corrected chi connectivity index (χ2v) is 10.0. The fourth-order valence-electron chi connectivity index (χ4n) is 4.25. The van der Waals surface area contributed by atoms with Crippen molar-refractivity contribution in [1.82, 2.24) is 9.88 Å². The molecule has 4 aromatic rings. The number of rotatable bonds is 7. The molecule has 10 heteroatoms. The van der Waals surface area contributed by atoms with Gasteiger partial charge in [0, 0.05) is 43.7 Å². The van der Waals surface area contributed by atoms with Crippen LogP contribution in [0.1, 0.15) is 39.3 Å². The van der Waals surface area contributed by atoms with E-state index in [0.29, 0.717) is 30.3 Å². The second-order valence-electron chi connectivity index (χ2n) is 9.03. The summed E-state index contributed by atoms with van der Waals surface area (Å²) in [5.41, 5.74) is 7.59. The number of fused-ring (bicyclic) bond motifs is 1. The van der Waals surface area contributed by atoms with Crippen LogP contribution in [-0.4, -0.2) is 40.7 Å². The van der Waals surface area contributed by atoms with Crippen molar-refractivity contribution in [2.45, 2.75) is 25.3 Å². The van der Waals surface area contributed by atoms with Gasteiger partial charge in [-0.1, -0.05) is 53.8 Å². The zero-order valence-electron chi connectivity index (χ0n) is 19.8. The fraction of sp³-hybridized carbons (Fsp3) is 0.222. The van der Waals surface area contributed by atoms with Crippen LogP contribution < -0.4 is 16.4 Å². The lowest BCUT2D eigenvalue weighted by atomic mass is 10.1. The maximum Gasteiger partial charge on any atom is 0.270 e. The molecule has 1 fully saturated rings. The van der Waals surface area contributed by atoms with Crippen LogP contribution in [0.15, 0.2) is 66.7 Å². The first-order chi connectivity index (χ1) is 17.8. The summed E-state index contributed by atoms with van der Waals surface area (Å²) in [6, 6.07) is 20.7. The maximum absolute atomic E-state index is 13.4. The summed E-state index contributed by atoms with van der Waals surface area (Å²) in [7, 11) is 0. The van der Waals surface area contributed by atoms with Gasteiger partial charge in [0.1, 0.15) is 5.00 Å². The molecule has 37 heavy (non-hydrogen) atoms. The normalized spacial score (nSPS) is 15.4. The molecule has 0 aliphatic carbocycles. The Morgan fingerprint density at radius 3 is 2.41 bits per heavy atom. The number of likely N-dealkylation sites (tertiary alicyclic amines) is 1. The largest absolute Gasteiger partial charge is 0.364 e. The second kappa shape index (κ2) is 10.2. The number of alkyl halides is 2. The summed E-state index contributed by atoms with van der Waals surface area (Å²) in [6.07, 6.45) is -0.273. The lowest BCUT2D eigenvalue weighted by Crippen LogP contribution is -2.38. The van der Waals surface area contributed by atoms with Gasteiger partial charge in [-0.3, -0.25) is 14.5 Å². The highest BCUT2D eigenvalue weighted by Gasteiger charge is 2.33. The van der Waals surface area contributed by atoms with Crippen LogP contribution >= 0.6 is 11.3 Å². The van der Waals surface area contributed by atoms with Gasteiger partial charge in [0.15, 0.2) is 10.8 Å². The van der Waals surface area contributed by atoms with E-state index in [9.17, 15) is 18.4 Å². The van der Waals surface area contributed by atoms with E-state index < -0.39 is 17.7 Å². The number of aromatic nitrogens is 1. The molecule has 1 aromatic heterocycles. The predicted molar refractivity (Wildman–Crippen MR) is 142 cm³/mol. The number of hydrogen-bond acceptors (Lipinski definition) is 6. The van der Waals surface area contributed by atoms with Crippen LogP contribution in [0.3, 0.4) is 0 Å². The number of anilines is 3. The number of amides is 2. The topological polar surface area (TPSA) is 100 Å². The summed E-state index contributed by atoms with van der Waals surface area (Å²) in [6.45, 7) is 1.22. The SMILES string of the molecule is NC(=O)c1nc(Nc2ccc3ccccc3c2)sc1NC(=O)c1ccc(CN2CCC(F)(F)CC2)cc1. The molecule has 5 rings (SSSR count). The number of nitrogens with two attached hydrogens (primary N) is 1. The highest BCUT2D eigenvalue weighted by molar-refractivity contribution is 7.20. The lowest BCUT2D eigenvalue weighted by Gasteiger charge is -2.31. The number of carbonyl (C=O) groups is 2. The van der Waals surface area contributed by atoms with E-state index >= 15 is 0 Å².